The maximum Gasteiger partial charge on any atom is 0.279 e. The lowest BCUT2D eigenvalue weighted by Gasteiger charge is -2.19. The highest BCUT2D eigenvalue weighted by molar-refractivity contribution is 5.93. The van der Waals surface area contributed by atoms with E-state index in [1.807, 2.05) is 43.3 Å². The Morgan fingerprint density at radius 2 is 1.57 bits per heavy atom. The minimum absolute atomic E-state index is 0.0731. The lowest BCUT2D eigenvalue weighted by Crippen LogP contribution is -3.14. The van der Waals surface area contributed by atoms with Gasteiger partial charge in [-0.3, -0.25) is 9.59 Å². The molecule has 0 saturated carbocycles. The summed E-state index contributed by atoms with van der Waals surface area (Å²) in [6.45, 7) is 7.54. The molecule has 160 valence electrons. The number of para-hydroxylation sites is 1. The molecule has 1 unspecified atom stereocenters. The molecule has 1 aliphatic heterocycles. The highest BCUT2D eigenvalue weighted by Crippen LogP contribution is 2.21. The third-order valence-electron chi connectivity index (χ3n) is 5.47. The Bertz CT molecular complexity index is 845. The highest BCUT2D eigenvalue weighted by Gasteiger charge is 2.18. The molecule has 0 spiro atoms. The van der Waals surface area contributed by atoms with E-state index < -0.39 is 0 Å². The molecule has 1 fully saturated rings. The van der Waals surface area contributed by atoms with Crippen molar-refractivity contribution in [3.8, 4) is 0 Å². The lowest BCUT2D eigenvalue weighted by atomic mass is 10.2. The van der Waals surface area contributed by atoms with Crippen LogP contribution in [0.15, 0.2) is 48.5 Å². The average molecular weight is 410 g/mol. The molecule has 0 aromatic heterocycles. The van der Waals surface area contributed by atoms with Gasteiger partial charge in [-0.25, -0.2) is 0 Å². The van der Waals surface area contributed by atoms with Gasteiger partial charge in [0, 0.05) is 30.2 Å². The monoisotopic (exact) mass is 409 g/mol. The summed E-state index contributed by atoms with van der Waals surface area (Å²) < 4.78 is 0. The van der Waals surface area contributed by atoms with Gasteiger partial charge in [0.1, 0.15) is 0 Å². The van der Waals surface area contributed by atoms with E-state index in [2.05, 4.69) is 34.6 Å². The van der Waals surface area contributed by atoms with E-state index in [-0.39, 0.29) is 24.9 Å². The van der Waals surface area contributed by atoms with Crippen molar-refractivity contribution in [2.24, 2.45) is 0 Å². The molecular formula is C24H33N4O2+. The Morgan fingerprint density at radius 1 is 0.933 bits per heavy atom. The van der Waals surface area contributed by atoms with Crippen LogP contribution in [0.3, 0.4) is 0 Å². The third-order valence-corrected chi connectivity index (χ3v) is 5.47. The second-order valence-electron chi connectivity index (χ2n) is 8.01. The Kier molecular flexibility index (Phi) is 7.85. The number of benzene rings is 2. The van der Waals surface area contributed by atoms with E-state index in [9.17, 15) is 9.59 Å². The molecule has 2 aromatic carbocycles. The Balaban J connectivity index is 1.51. The fourth-order valence-electron chi connectivity index (χ4n) is 3.89. The smallest absolute Gasteiger partial charge is 0.279 e. The second-order valence-corrected chi connectivity index (χ2v) is 8.01. The zero-order valence-electron chi connectivity index (χ0n) is 18.0. The van der Waals surface area contributed by atoms with Crippen molar-refractivity contribution in [3.05, 3.63) is 54.1 Å². The van der Waals surface area contributed by atoms with Crippen LogP contribution in [0.5, 0.6) is 0 Å². The molecule has 6 heteroatoms. The number of amides is 2. The predicted molar refractivity (Wildman–Crippen MR) is 122 cm³/mol. The Labute approximate surface area is 179 Å². The molecule has 1 atom stereocenters. The molecule has 1 aliphatic rings. The van der Waals surface area contributed by atoms with Crippen LogP contribution in [0.2, 0.25) is 0 Å². The van der Waals surface area contributed by atoms with E-state index in [4.69, 9.17) is 0 Å². The number of anilines is 3. The van der Waals surface area contributed by atoms with E-state index in [1.54, 1.807) is 0 Å². The zero-order valence-corrected chi connectivity index (χ0v) is 18.0. The number of hydrogen-bond donors (Lipinski definition) is 3. The quantitative estimate of drug-likeness (QED) is 0.596. The number of carbonyl (C=O) groups excluding carboxylic acids is 2. The van der Waals surface area contributed by atoms with E-state index in [0.29, 0.717) is 0 Å². The molecular weight excluding hydrogens is 376 g/mol. The summed E-state index contributed by atoms with van der Waals surface area (Å²) in [4.78, 5) is 28.4. The normalized spacial score (nSPS) is 14.4. The SMILES string of the molecule is CCC[NH+](CC(=O)Nc1ccc(N2CCCC2)cc1)CC(=O)Nc1ccccc1C. The van der Waals surface area contributed by atoms with Gasteiger partial charge < -0.3 is 20.4 Å². The van der Waals surface area contributed by atoms with Crippen molar-refractivity contribution in [3.63, 3.8) is 0 Å². The minimum Gasteiger partial charge on any atom is -0.372 e. The number of nitrogens with zero attached hydrogens (tertiary/aromatic N) is 1. The maximum atomic E-state index is 12.6. The first-order valence-electron chi connectivity index (χ1n) is 10.9. The summed E-state index contributed by atoms with van der Waals surface area (Å²) >= 11 is 0. The van der Waals surface area contributed by atoms with Gasteiger partial charge in [-0.05, 0) is 62.1 Å². The van der Waals surface area contributed by atoms with Crippen molar-refractivity contribution in [1.82, 2.24) is 0 Å². The Morgan fingerprint density at radius 3 is 2.20 bits per heavy atom. The first kappa shape index (κ1) is 21.8. The second kappa shape index (κ2) is 10.8. The van der Waals surface area contributed by atoms with Gasteiger partial charge in [0.05, 0.1) is 6.54 Å². The van der Waals surface area contributed by atoms with Crippen molar-refractivity contribution in [2.45, 2.75) is 33.1 Å². The van der Waals surface area contributed by atoms with Gasteiger partial charge in [0.15, 0.2) is 13.1 Å². The predicted octanol–water partition coefficient (Wildman–Crippen LogP) is 2.47. The fraction of sp³-hybridized carbons (Fsp3) is 0.417. The standard InChI is InChI=1S/C24H32N4O2/c1-3-14-27(18-24(30)26-22-9-5-4-8-19(22)2)17-23(29)25-20-10-12-21(13-11-20)28-15-6-7-16-28/h4-5,8-13H,3,6-7,14-18H2,1-2H3,(H,25,29)(H,26,30)/p+1. The van der Waals surface area contributed by atoms with Crippen molar-refractivity contribution >= 4 is 28.9 Å². The van der Waals surface area contributed by atoms with Crippen LogP contribution in [0.25, 0.3) is 0 Å². The van der Waals surface area contributed by atoms with Gasteiger partial charge in [0.25, 0.3) is 11.8 Å². The number of rotatable bonds is 9. The van der Waals surface area contributed by atoms with E-state index in [0.717, 1.165) is 47.9 Å². The van der Waals surface area contributed by atoms with E-state index in [1.165, 1.54) is 18.5 Å². The number of carbonyl (C=O) groups is 2. The molecule has 3 rings (SSSR count). The average Bonchev–Trinajstić information content (AvgIpc) is 3.25. The number of hydrogen-bond acceptors (Lipinski definition) is 3. The molecule has 1 saturated heterocycles. The van der Waals surface area contributed by atoms with Crippen LogP contribution in [-0.4, -0.2) is 44.5 Å². The van der Waals surface area contributed by atoms with Crippen LogP contribution in [-0.2, 0) is 9.59 Å². The maximum absolute atomic E-state index is 12.6. The first-order valence-corrected chi connectivity index (χ1v) is 10.9. The van der Waals surface area contributed by atoms with Gasteiger partial charge in [0.2, 0.25) is 0 Å². The zero-order chi connectivity index (χ0) is 21.3. The summed E-state index contributed by atoms with van der Waals surface area (Å²) in [6.07, 6.45) is 3.39. The molecule has 2 aromatic rings. The molecule has 3 N–H and O–H groups in total. The fourth-order valence-corrected chi connectivity index (χ4v) is 3.89. The summed E-state index contributed by atoms with van der Waals surface area (Å²) in [5.74, 6) is -0.147. The molecule has 1 heterocycles. The largest absolute Gasteiger partial charge is 0.372 e. The molecule has 30 heavy (non-hydrogen) atoms. The van der Waals surface area contributed by atoms with Crippen molar-refractivity contribution < 1.29 is 14.5 Å². The van der Waals surface area contributed by atoms with Crippen molar-refractivity contribution in [2.75, 3.05) is 48.3 Å². The van der Waals surface area contributed by atoms with Gasteiger partial charge in [-0.15, -0.1) is 0 Å². The van der Waals surface area contributed by atoms with Crippen LogP contribution in [0.1, 0.15) is 31.7 Å². The van der Waals surface area contributed by atoms with Crippen LogP contribution >= 0.6 is 0 Å². The summed E-state index contributed by atoms with van der Waals surface area (Å²) in [5.41, 5.74) is 3.85. The van der Waals surface area contributed by atoms with Gasteiger partial charge in [-0.2, -0.15) is 0 Å². The number of nitrogens with one attached hydrogen (secondary N) is 3. The lowest BCUT2D eigenvalue weighted by molar-refractivity contribution is -0.883. The Hall–Kier alpha value is -2.86. The highest BCUT2D eigenvalue weighted by atomic mass is 16.2. The summed E-state index contributed by atoms with van der Waals surface area (Å²) in [5, 5.41) is 5.93. The molecule has 0 bridgehead atoms. The summed E-state index contributed by atoms with van der Waals surface area (Å²) in [6, 6.07) is 15.7. The van der Waals surface area contributed by atoms with Crippen molar-refractivity contribution in [1.29, 1.82) is 0 Å². The molecule has 0 radical (unpaired) electrons. The molecule has 2 amide bonds. The van der Waals surface area contributed by atoms with E-state index >= 15 is 0 Å². The number of aryl methyl sites for hydroxylation is 1. The number of quaternary nitrogens is 1. The summed E-state index contributed by atoms with van der Waals surface area (Å²) in [7, 11) is 0. The van der Waals surface area contributed by atoms with Crippen LogP contribution < -0.4 is 20.4 Å². The molecule has 0 aliphatic carbocycles. The van der Waals surface area contributed by atoms with Gasteiger partial charge in [-0.1, -0.05) is 25.1 Å². The third kappa shape index (κ3) is 6.32. The first-order chi connectivity index (χ1) is 14.5. The minimum atomic E-state index is -0.0736. The van der Waals surface area contributed by atoms with Crippen LogP contribution in [0.4, 0.5) is 17.1 Å². The van der Waals surface area contributed by atoms with Crippen LogP contribution in [0, 0.1) is 6.92 Å². The topological polar surface area (TPSA) is 65.9 Å². The van der Waals surface area contributed by atoms with Gasteiger partial charge >= 0.3 is 0 Å². The molecule has 6 nitrogen and oxygen atoms in total.